The summed E-state index contributed by atoms with van der Waals surface area (Å²) in [5.41, 5.74) is 2.06. The number of thiocarbonyl (C=S) groups is 1. The summed E-state index contributed by atoms with van der Waals surface area (Å²) < 4.78 is 18.2. The highest BCUT2D eigenvalue weighted by molar-refractivity contribution is 7.80. The van der Waals surface area contributed by atoms with E-state index < -0.39 is 5.97 Å². The molecule has 0 radical (unpaired) electrons. The van der Waals surface area contributed by atoms with Crippen molar-refractivity contribution in [2.75, 3.05) is 17.2 Å². The molecule has 2 N–H and O–H groups in total. The van der Waals surface area contributed by atoms with Gasteiger partial charge >= 0.3 is 5.97 Å². The molecule has 0 bridgehead atoms. The fourth-order valence-corrected chi connectivity index (χ4v) is 3.73. The monoisotopic (exact) mass is 400 g/mol. The lowest BCUT2D eigenvalue weighted by molar-refractivity contribution is 0.0528. The summed E-state index contributed by atoms with van der Waals surface area (Å²) in [6, 6.07) is 17.4. The van der Waals surface area contributed by atoms with Crippen LogP contribution in [0.4, 0.5) is 15.1 Å². The third-order valence-electron chi connectivity index (χ3n) is 3.61. The molecule has 0 aliphatic heterocycles. The van der Waals surface area contributed by atoms with Gasteiger partial charge in [-0.15, -0.1) is 11.3 Å². The molecule has 3 aromatic rings. The Hall–Kier alpha value is -2.77. The smallest absolute Gasteiger partial charge is 0.341 e. The Kier molecular flexibility index (Phi) is 6.16. The molecular weight excluding hydrogens is 383 g/mol. The number of carbonyl (C=O) groups is 1. The lowest BCUT2D eigenvalue weighted by Gasteiger charge is -2.10. The number of rotatable bonds is 5. The van der Waals surface area contributed by atoms with Crippen LogP contribution < -0.4 is 10.6 Å². The van der Waals surface area contributed by atoms with E-state index in [0.29, 0.717) is 21.4 Å². The number of ether oxygens (including phenoxy) is 1. The quantitative estimate of drug-likeness (QED) is 0.435. The molecule has 1 heterocycles. The van der Waals surface area contributed by atoms with E-state index in [9.17, 15) is 9.18 Å². The maximum Gasteiger partial charge on any atom is 0.341 e. The number of carbonyl (C=O) groups excluding carboxylic acids is 1. The summed E-state index contributed by atoms with van der Waals surface area (Å²) >= 11 is 6.73. The molecule has 3 rings (SSSR count). The van der Waals surface area contributed by atoms with Gasteiger partial charge < -0.3 is 15.4 Å². The van der Waals surface area contributed by atoms with Crippen LogP contribution in [0, 0.1) is 5.82 Å². The first-order chi connectivity index (χ1) is 13.1. The summed E-state index contributed by atoms with van der Waals surface area (Å²) in [7, 11) is 0. The van der Waals surface area contributed by atoms with Crippen LogP contribution in [0.5, 0.6) is 0 Å². The van der Waals surface area contributed by atoms with E-state index in [0.717, 1.165) is 10.4 Å². The fraction of sp³-hybridized carbons (Fsp3) is 0.100. The fourth-order valence-electron chi connectivity index (χ4n) is 2.39. The Labute approximate surface area is 166 Å². The van der Waals surface area contributed by atoms with Crippen molar-refractivity contribution in [1.29, 1.82) is 0 Å². The lowest BCUT2D eigenvalue weighted by atomic mass is 10.1. The Bertz CT molecular complexity index is 940. The van der Waals surface area contributed by atoms with Gasteiger partial charge in [0.1, 0.15) is 10.8 Å². The maximum absolute atomic E-state index is 13.0. The SMILES string of the molecule is CCOC(=O)c1cc(-c2ccccc2)sc1NC(=S)Nc1ccc(F)cc1. The predicted octanol–water partition coefficient (Wildman–Crippen LogP) is 5.54. The highest BCUT2D eigenvalue weighted by Gasteiger charge is 2.19. The van der Waals surface area contributed by atoms with Gasteiger partial charge in [-0.1, -0.05) is 30.3 Å². The molecule has 0 aliphatic carbocycles. The molecule has 1 aromatic heterocycles. The summed E-state index contributed by atoms with van der Waals surface area (Å²) in [6.45, 7) is 2.04. The molecule has 0 saturated heterocycles. The van der Waals surface area contributed by atoms with Gasteiger partial charge in [-0.25, -0.2) is 9.18 Å². The Morgan fingerprint density at radius 2 is 1.81 bits per heavy atom. The van der Waals surface area contributed by atoms with E-state index in [4.69, 9.17) is 17.0 Å². The van der Waals surface area contributed by atoms with Crippen LogP contribution in [0.25, 0.3) is 10.4 Å². The molecule has 0 spiro atoms. The minimum absolute atomic E-state index is 0.285. The number of hydrogen-bond donors (Lipinski definition) is 2. The minimum Gasteiger partial charge on any atom is -0.462 e. The third-order valence-corrected chi connectivity index (χ3v) is 4.92. The first kappa shape index (κ1) is 19.0. The maximum atomic E-state index is 13.0. The number of benzene rings is 2. The lowest BCUT2D eigenvalue weighted by Crippen LogP contribution is -2.20. The molecular formula is C20H17FN2O2S2. The van der Waals surface area contributed by atoms with Gasteiger partial charge in [0.2, 0.25) is 0 Å². The van der Waals surface area contributed by atoms with Crippen LogP contribution in [0.15, 0.2) is 60.7 Å². The van der Waals surface area contributed by atoms with Gasteiger partial charge in [0.25, 0.3) is 0 Å². The van der Waals surface area contributed by atoms with E-state index in [1.165, 1.54) is 23.5 Å². The Morgan fingerprint density at radius 1 is 1.11 bits per heavy atom. The third kappa shape index (κ3) is 4.90. The normalized spacial score (nSPS) is 10.3. The summed E-state index contributed by atoms with van der Waals surface area (Å²) in [4.78, 5) is 13.2. The van der Waals surface area contributed by atoms with E-state index >= 15 is 0 Å². The molecule has 27 heavy (non-hydrogen) atoms. The van der Waals surface area contributed by atoms with Crippen molar-refractivity contribution >= 4 is 45.3 Å². The second-order valence-electron chi connectivity index (χ2n) is 5.53. The second kappa shape index (κ2) is 8.75. The van der Waals surface area contributed by atoms with Gasteiger partial charge in [-0.3, -0.25) is 0 Å². The molecule has 0 aliphatic rings. The Balaban J connectivity index is 1.83. The number of nitrogens with one attached hydrogen (secondary N) is 2. The van der Waals surface area contributed by atoms with Crippen molar-refractivity contribution in [2.24, 2.45) is 0 Å². The van der Waals surface area contributed by atoms with Crippen molar-refractivity contribution in [1.82, 2.24) is 0 Å². The summed E-state index contributed by atoms with van der Waals surface area (Å²) in [5.74, 6) is -0.738. The molecule has 0 atom stereocenters. The van der Waals surface area contributed by atoms with Crippen molar-refractivity contribution in [3.8, 4) is 10.4 Å². The van der Waals surface area contributed by atoms with E-state index in [-0.39, 0.29) is 12.4 Å². The highest BCUT2D eigenvalue weighted by Crippen LogP contribution is 2.36. The molecule has 7 heteroatoms. The van der Waals surface area contributed by atoms with Crippen molar-refractivity contribution in [2.45, 2.75) is 6.92 Å². The van der Waals surface area contributed by atoms with E-state index in [1.807, 2.05) is 30.3 Å². The number of hydrogen-bond acceptors (Lipinski definition) is 4. The van der Waals surface area contributed by atoms with Crippen LogP contribution in [-0.2, 0) is 4.74 Å². The average molecular weight is 401 g/mol. The second-order valence-corrected chi connectivity index (χ2v) is 6.99. The molecule has 4 nitrogen and oxygen atoms in total. The van der Waals surface area contributed by atoms with E-state index in [1.54, 1.807) is 25.1 Å². The highest BCUT2D eigenvalue weighted by atomic mass is 32.1. The van der Waals surface area contributed by atoms with Gasteiger partial charge in [0.05, 0.1) is 12.2 Å². The minimum atomic E-state index is -0.414. The van der Waals surface area contributed by atoms with Crippen LogP contribution in [0.2, 0.25) is 0 Å². The topological polar surface area (TPSA) is 50.4 Å². The van der Waals surface area contributed by atoms with Crippen LogP contribution in [0.1, 0.15) is 17.3 Å². The van der Waals surface area contributed by atoms with Gasteiger partial charge in [-0.05, 0) is 55.0 Å². The zero-order valence-corrected chi connectivity index (χ0v) is 16.1. The van der Waals surface area contributed by atoms with Crippen molar-refractivity contribution in [3.05, 3.63) is 72.0 Å². The summed E-state index contributed by atoms with van der Waals surface area (Å²) in [5, 5.41) is 6.91. The molecule has 138 valence electrons. The van der Waals surface area contributed by atoms with Crippen molar-refractivity contribution < 1.29 is 13.9 Å². The first-order valence-electron chi connectivity index (χ1n) is 8.26. The van der Waals surface area contributed by atoms with Gasteiger partial charge in [0.15, 0.2) is 5.11 Å². The number of esters is 1. The van der Waals surface area contributed by atoms with Gasteiger partial charge in [0, 0.05) is 10.6 Å². The zero-order valence-electron chi connectivity index (χ0n) is 14.5. The molecule has 2 aromatic carbocycles. The first-order valence-corrected chi connectivity index (χ1v) is 9.49. The average Bonchev–Trinajstić information content (AvgIpc) is 3.08. The largest absolute Gasteiger partial charge is 0.462 e. The number of thiophene rings is 1. The van der Waals surface area contributed by atoms with Gasteiger partial charge in [-0.2, -0.15) is 0 Å². The number of anilines is 2. The van der Waals surface area contributed by atoms with Crippen LogP contribution >= 0.6 is 23.6 Å². The zero-order chi connectivity index (χ0) is 19.2. The predicted molar refractivity (Wildman–Crippen MR) is 112 cm³/mol. The molecule has 0 fully saturated rings. The Morgan fingerprint density at radius 3 is 2.48 bits per heavy atom. The molecule has 0 unspecified atom stereocenters. The number of halogens is 1. The molecule has 0 amide bonds. The standard InChI is InChI=1S/C20H17FN2O2S2/c1-2-25-19(24)16-12-17(13-6-4-3-5-7-13)27-18(16)23-20(26)22-15-10-8-14(21)9-11-15/h3-12H,2H2,1H3,(H2,22,23,26). The van der Waals surface area contributed by atoms with Crippen molar-refractivity contribution in [3.63, 3.8) is 0 Å². The molecule has 0 saturated carbocycles. The summed E-state index contributed by atoms with van der Waals surface area (Å²) in [6.07, 6.45) is 0. The van der Waals surface area contributed by atoms with Crippen LogP contribution in [-0.4, -0.2) is 17.7 Å². The van der Waals surface area contributed by atoms with E-state index in [2.05, 4.69) is 10.6 Å². The van der Waals surface area contributed by atoms with Crippen LogP contribution in [0.3, 0.4) is 0 Å².